The Kier molecular flexibility index (Phi) is 5.64. The highest BCUT2D eigenvalue weighted by atomic mass is 16.4. The number of aliphatic carboxylic acids is 1. The molecule has 1 saturated heterocycles. The van der Waals surface area contributed by atoms with E-state index >= 15 is 0 Å². The fourth-order valence-corrected chi connectivity index (χ4v) is 2.31. The quantitative estimate of drug-likeness (QED) is 0.737. The summed E-state index contributed by atoms with van der Waals surface area (Å²) in [5, 5.41) is 8.87. The number of nitrogens with zero attached hydrogens (tertiary/aromatic N) is 3. The van der Waals surface area contributed by atoms with E-state index in [1.54, 1.807) is 28.8 Å². The Bertz CT molecular complexity index is 368. The summed E-state index contributed by atoms with van der Waals surface area (Å²) in [5.41, 5.74) is 0. The van der Waals surface area contributed by atoms with Crippen molar-refractivity contribution in [2.24, 2.45) is 0 Å². The van der Waals surface area contributed by atoms with E-state index in [0.717, 1.165) is 12.8 Å². The van der Waals surface area contributed by atoms with E-state index in [1.807, 2.05) is 0 Å². The maximum atomic E-state index is 11.8. The molecule has 6 nitrogen and oxygen atoms in total. The van der Waals surface area contributed by atoms with Crippen LogP contribution in [0.1, 0.15) is 12.8 Å². The molecular weight excluding hydrogens is 246 g/mol. The normalized spacial score (nSPS) is 16.2. The third kappa shape index (κ3) is 4.45. The molecule has 1 rings (SSSR count). The SMILES string of the molecule is C#CCN(CC(=O)O)C1CCN(C(=O)N(C)C)CC1. The summed E-state index contributed by atoms with van der Waals surface area (Å²) in [6.07, 6.45) is 6.79. The van der Waals surface area contributed by atoms with Crippen LogP contribution in [0.4, 0.5) is 4.79 Å². The van der Waals surface area contributed by atoms with Gasteiger partial charge in [-0.15, -0.1) is 6.42 Å². The van der Waals surface area contributed by atoms with Crippen LogP contribution in [-0.4, -0.2) is 78.1 Å². The Morgan fingerprint density at radius 2 is 1.95 bits per heavy atom. The monoisotopic (exact) mass is 267 g/mol. The fraction of sp³-hybridized carbons (Fsp3) is 0.692. The van der Waals surface area contributed by atoms with Crippen molar-refractivity contribution in [2.45, 2.75) is 18.9 Å². The third-order valence-electron chi connectivity index (χ3n) is 3.27. The number of hydrogen-bond donors (Lipinski definition) is 1. The van der Waals surface area contributed by atoms with Crippen molar-refractivity contribution >= 4 is 12.0 Å². The first-order chi connectivity index (χ1) is 8.95. The van der Waals surface area contributed by atoms with Crippen LogP contribution in [0.3, 0.4) is 0 Å². The summed E-state index contributed by atoms with van der Waals surface area (Å²) in [6.45, 7) is 1.57. The van der Waals surface area contributed by atoms with Gasteiger partial charge in [-0.1, -0.05) is 5.92 Å². The number of carboxylic acids is 1. The van der Waals surface area contributed by atoms with Gasteiger partial charge in [0.25, 0.3) is 0 Å². The van der Waals surface area contributed by atoms with Crippen LogP contribution in [0.2, 0.25) is 0 Å². The summed E-state index contributed by atoms with van der Waals surface area (Å²) < 4.78 is 0. The smallest absolute Gasteiger partial charge is 0.319 e. The zero-order chi connectivity index (χ0) is 14.4. The summed E-state index contributed by atoms with van der Waals surface area (Å²) in [6, 6.07) is 0.138. The molecule has 1 aliphatic rings. The lowest BCUT2D eigenvalue weighted by molar-refractivity contribution is -0.139. The average molecular weight is 267 g/mol. The average Bonchev–Trinajstić information content (AvgIpc) is 2.37. The Balaban J connectivity index is 2.53. The van der Waals surface area contributed by atoms with Crippen LogP contribution in [0.15, 0.2) is 0 Å². The molecule has 0 radical (unpaired) electrons. The molecule has 0 aliphatic carbocycles. The van der Waals surface area contributed by atoms with Crippen molar-refractivity contribution in [1.29, 1.82) is 0 Å². The Hall–Kier alpha value is -1.74. The minimum Gasteiger partial charge on any atom is -0.480 e. The molecule has 0 saturated carbocycles. The first kappa shape index (κ1) is 15.3. The number of terminal acetylenes is 1. The van der Waals surface area contributed by atoms with E-state index in [0.29, 0.717) is 19.6 Å². The molecule has 1 aliphatic heterocycles. The number of carbonyl (C=O) groups is 2. The van der Waals surface area contributed by atoms with Crippen LogP contribution in [0, 0.1) is 12.3 Å². The predicted octanol–water partition coefficient (Wildman–Crippen LogP) is 0.152. The molecule has 0 aromatic carbocycles. The minimum atomic E-state index is -0.873. The largest absolute Gasteiger partial charge is 0.480 e. The van der Waals surface area contributed by atoms with Crippen molar-refractivity contribution in [3.05, 3.63) is 0 Å². The summed E-state index contributed by atoms with van der Waals surface area (Å²) in [5.74, 6) is 1.62. The van der Waals surface area contributed by atoms with Gasteiger partial charge in [0.05, 0.1) is 13.1 Å². The van der Waals surface area contributed by atoms with E-state index in [9.17, 15) is 9.59 Å². The zero-order valence-corrected chi connectivity index (χ0v) is 11.5. The third-order valence-corrected chi connectivity index (χ3v) is 3.27. The number of hydrogen-bond acceptors (Lipinski definition) is 3. The Labute approximate surface area is 114 Å². The molecule has 0 bridgehead atoms. The second kappa shape index (κ2) is 7.00. The first-order valence-corrected chi connectivity index (χ1v) is 6.31. The van der Waals surface area contributed by atoms with Gasteiger partial charge in [0.2, 0.25) is 0 Å². The molecule has 106 valence electrons. The molecule has 0 atom stereocenters. The molecular formula is C13H21N3O3. The maximum Gasteiger partial charge on any atom is 0.319 e. The van der Waals surface area contributed by atoms with Gasteiger partial charge in [-0.3, -0.25) is 9.69 Å². The van der Waals surface area contributed by atoms with Gasteiger partial charge in [0.15, 0.2) is 0 Å². The summed E-state index contributed by atoms with van der Waals surface area (Å²) in [4.78, 5) is 27.7. The van der Waals surface area contributed by atoms with Crippen molar-refractivity contribution in [3.63, 3.8) is 0 Å². The highest BCUT2D eigenvalue weighted by Gasteiger charge is 2.28. The number of likely N-dealkylation sites (tertiary alicyclic amines) is 1. The molecule has 1 N–H and O–H groups in total. The molecule has 0 aromatic heterocycles. The lowest BCUT2D eigenvalue weighted by Crippen LogP contribution is -2.50. The van der Waals surface area contributed by atoms with Crippen molar-refractivity contribution < 1.29 is 14.7 Å². The molecule has 2 amide bonds. The van der Waals surface area contributed by atoms with Crippen LogP contribution >= 0.6 is 0 Å². The molecule has 1 fully saturated rings. The second-order valence-electron chi connectivity index (χ2n) is 4.90. The minimum absolute atomic E-state index is 0.000171. The van der Waals surface area contributed by atoms with E-state index in [2.05, 4.69) is 5.92 Å². The highest BCUT2D eigenvalue weighted by molar-refractivity contribution is 5.73. The number of urea groups is 1. The van der Waals surface area contributed by atoms with Gasteiger partial charge in [-0.05, 0) is 12.8 Å². The highest BCUT2D eigenvalue weighted by Crippen LogP contribution is 2.17. The molecule has 1 heterocycles. The van der Waals surface area contributed by atoms with Crippen LogP contribution in [-0.2, 0) is 4.79 Å². The van der Waals surface area contributed by atoms with Crippen LogP contribution in [0.25, 0.3) is 0 Å². The van der Waals surface area contributed by atoms with E-state index in [-0.39, 0.29) is 18.6 Å². The lowest BCUT2D eigenvalue weighted by atomic mass is 10.0. The van der Waals surface area contributed by atoms with Crippen molar-refractivity contribution in [3.8, 4) is 12.3 Å². The second-order valence-corrected chi connectivity index (χ2v) is 4.90. The topological polar surface area (TPSA) is 64.1 Å². The molecule has 0 spiro atoms. The number of rotatable bonds is 4. The number of piperidine rings is 1. The van der Waals surface area contributed by atoms with E-state index in [4.69, 9.17) is 11.5 Å². The summed E-state index contributed by atoms with van der Waals surface area (Å²) in [7, 11) is 3.45. The Morgan fingerprint density at radius 3 is 2.37 bits per heavy atom. The number of carboxylic acid groups (broad SMARTS) is 1. The van der Waals surface area contributed by atoms with Crippen molar-refractivity contribution in [1.82, 2.24) is 14.7 Å². The maximum absolute atomic E-state index is 11.8. The van der Waals surface area contributed by atoms with Gasteiger partial charge in [-0.2, -0.15) is 0 Å². The number of carbonyl (C=O) groups excluding carboxylic acids is 1. The molecule has 6 heteroatoms. The van der Waals surface area contributed by atoms with Crippen LogP contribution in [0.5, 0.6) is 0 Å². The predicted molar refractivity (Wildman–Crippen MR) is 71.7 cm³/mol. The first-order valence-electron chi connectivity index (χ1n) is 6.31. The molecule has 0 unspecified atom stereocenters. The van der Waals surface area contributed by atoms with Gasteiger partial charge in [-0.25, -0.2) is 4.79 Å². The fourth-order valence-electron chi connectivity index (χ4n) is 2.31. The lowest BCUT2D eigenvalue weighted by Gasteiger charge is -2.37. The standard InChI is InChI=1S/C13H21N3O3/c1-4-7-16(10-12(17)18)11-5-8-15(9-6-11)13(19)14(2)3/h1,11H,5-10H2,2-3H3,(H,17,18). The van der Waals surface area contributed by atoms with E-state index in [1.165, 1.54) is 0 Å². The van der Waals surface area contributed by atoms with Gasteiger partial charge in [0, 0.05) is 33.2 Å². The van der Waals surface area contributed by atoms with Gasteiger partial charge in [0.1, 0.15) is 0 Å². The zero-order valence-electron chi connectivity index (χ0n) is 11.5. The van der Waals surface area contributed by atoms with Crippen molar-refractivity contribution in [2.75, 3.05) is 40.3 Å². The summed E-state index contributed by atoms with van der Waals surface area (Å²) >= 11 is 0. The Morgan fingerprint density at radius 1 is 1.37 bits per heavy atom. The molecule has 0 aromatic rings. The number of amides is 2. The van der Waals surface area contributed by atoms with Gasteiger partial charge < -0.3 is 14.9 Å². The molecule has 19 heavy (non-hydrogen) atoms. The van der Waals surface area contributed by atoms with E-state index < -0.39 is 5.97 Å². The van der Waals surface area contributed by atoms with Gasteiger partial charge >= 0.3 is 12.0 Å². The van der Waals surface area contributed by atoms with Crippen LogP contribution < -0.4 is 0 Å².